The highest BCUT2D eigenvalue weighted by atomic mass is 19.4. The minimum Gasteiger partial charge on any atom is -0.494 e. The molecule has 0 saturated carbocycles. The second-order valence-corrected chi connectivity index (χ2v) is 3.89. The molecule has 1 heterocycles. The smallest absolute Gasteiger partial charge is 0.417 e. The van der Waals surface area contributed by atoms with Crippen LogP contribution in [-0.4, -0.2) is 11.6 Å². The molecule has 0 unspecified atom stereocenters. The molecule has 0 N–H and O–H groups in total. The first-order valence-electron chi connectivity index (χ1n) is 5.77. The van der Waals surface area contributed by atoms with Gasteiger partial charge in [-0.2, -0.15) is 13.2 Å². The van der Waals surface area contributed by atoms with E-state index < -0.39 is 11.7 Å². The number of hydrogen-bond acceptors (Lipinski definition) is 2. The monoisotopic (exact) mass is 267 g/mol. The van der Waals surface area contributed by atoms with E-state index in [1.807, 2.05) is 6.92 Å². The quantitative estimate of drug-likeness (QED) is 0.832. The van der Waals surface area contributed by atoms with Crippen molar-refractivity contribution in [3.63, 3.8) is 0 Å². The lowest BCUT2D eigenvalue weighted by Crippen LogP contribution is -2.05. The Morgan fingerprint density at radius 2 is 1.74 bits per heavy atom. The lowest BCUT2D eigenvalue weighted by atomic mass is 10.1. The number of pyridine rings is 1. The first kappa shape index (κ1) is 13.4. The number of halogens is 3. The largest absolute Gasteiger partial charge is 0.494 e. The van der Waals surface area contributed by atoms with Gasteiger partial charge in [-0.1, -0.05) is 0 Å². The van der Waals surface area contributed by atoms with Crippen molar-refractivity contribution in [2.75, 3.05) is 6.61 Å². The normalized spacial score (nSPS) is 11.4. The van der Waals surface area contributed by atoms with Crippen LogP contribution < -0.4 is 4.74 Å². The second-order valence-electron chi connectivity index (χ2n) is 3.89. The van der Waals surface area contributed by atoms with Crippen molar-refractivity contribution < 1.29 is 17.9 Å². The fourth-order valence-electron chi connectivity index (χ4n) is 1.62. The summed E-state index contributed by atoms with van der Waals surface area (Å²) in [6, 6.07) is 9.44. The van der Waals surface area contributed by atoms with E-state index in [-0.39, 0.29) is 0 Å². The van der Waals surface area contributed by atoms with Crippen molar-refractivity contribution in [2.24, 2.45) is 0 Å². The van der Waals surface area contributed by atoms with Crippen molar-refractivity contribution >= 4 is 0 Å². The number of nitrogens with zero attached hydrogens (tertiary/aromatic N) is 1. The van der Waals surface area contributed by atoms with E-state index in [2.05, 4.69) is 4.98 Å². The maximum Gasteiger partial charge on any atom is 0.417 e. The second kappa shape index (κ2) is 5.30. The van der Waals surface area contributed by atoms with Crippen molar-refractivity contribution in [1.82, 2.24) is 4.98 Å². The molecule has 0 amide bonds. The molecule has 1 aromatic carbocycles. The Hall–Kier alpha value is -2.04. The molecule has 2 aromatic rings. The number of aromatic nitrogens is 1. The van der Waals surface area contributed by atoms with Gasteiger partial charge in [-0.15, -0.1) is 0 Å². The zero-order chi connectivity index (χ0) is 13.9. The summed E-state index contributed by atoms with van der Waals surface area (Å²) in [5.41, 5.74) is 0.496. The first-order chi connectivity index (χ1) is 9.00. The fourth-order valence-corrected chi connectivity index (χ4v) is 1.62. The highest BCUT2D eigenvalue weighted by Crippen LogP contribution is 2.30. The van der Waals surface area contributed by atoms with Gasteiger partial charge in [0.15, 0.2) is 0 Å². The lowest BCUT2D eigenvalue weighted by Gasteiger charge is -2.07. The third-order valence-corrected chi connectivity index (χ3v) is 2.55. The molecule has 5 heteroatoms. The van der Waals surface area contributed by atoms with Gasteiger partial charge in [0.1, 0.15) is 5.75 Å². The summed E-state index contributed by atoms with van der Waals surface area (Å²) in [5.74, 6) is 0.721. The Bertz CT molecular complexity index is 532. The molecule has 0 aliphatic rings. The molecule has 19 heavy (non-hydrogen) atoms. The molecule has 2 rings (SSSR count). The average molecular weight is 267 g/mol. The van der Waals surface area contributed by atoms with E-state index in [9.17, 15) is 13.2 Å². The molecule has 2 nitrogen and oxygen atoms in total. The Labute approximate surface area is 108 Å². The summed E-state index contributed by atoms with van der Waals surface area (Å²) in [6.07, 6.45) is -3.52. The van der Waals surface area contributed by atoms with Crippen LogP contribution in [0.1, 0.15) is 12.5 Å². The van der Waals surface area contributed by atoms with Gasteiger partial charge in [0.05, 0.1) is 17.9 Å². The molecular formula is C14H12F3NO. The number of alkyl halides is 3. The maximum absolute atomic E-state index is 12.4. The van der Waals surface area contributed by atoms with Crippen LogP contribution in [0.15, 0.2) is 42.6 Å². The minimum absolute atomic E-state index is 0.496. The number of rotatable bonds is 3. The Kier molecular flexibility index (Phi) is 3.74. The zero-order valence-electron chi connectivity index (χ0n) is 10.2. The predicted octanol–water partition coefficient (Wildman–Crippen LogP) is 4.17. The van der Waals surface area contributed by atoms with Crippen LogP contribution in [0.25, 0.3) is 11.3 Å². The van der Waals surface area contributed by atoms with Gasteiger partial charge in [-0.25, -0.2) is 0 Å². The molecule has 0 aliphatic heterocycles. The summed E-state index contributed by atoms with van der Waals surface area (Å²) >= 11 is 0. The molecule has 0 atom stereocenters. The Morgan fingerprint density at radius 1 is 1.05 bits per heavy atom. The molecule has 0 spiro atoms. The number of hydrogen-bond donors (Lipinski definition) is 0. The molecule has 0 saturated heterocycles. The molecular weight excluding hydrogens is 255 g/mol. The van der Waals surface area contributed by atoms with E-state index >= 15 is 0 Å². The van der Waals surface area contributed by atoms with Crippen LogP contribution >= 0.6 is 0 Å². The predicted molar refractivity (Wildman–Crippen MR) is 65.8 cm³/mol. The molecule has 0 fully saturated rings. The van der Waals surface area contributed by atoms with Crippen molar-refractivity contribution in [3.8, 4) is 17.0 Å². The average Bonchev–Trinajstić information content (AvgIpc) is 2.39. The van der Waals surface area contributed by atoms with Gasteiger partial charge in [-0.05, 0) is 43.3 Å². The Balaban J connectivity index is 2.22. The highest BCUT2D eigenvalue weighted by molar-refractivity contribution is 5.60. The highest BCUT2D eigenvalue weighted by Gasteiger charge is 2.30. The van der Waals surface area contributed by atoms with Crippen molar-refractivity contribution in [2.45, 2.75) is 13.1 Å². The van der Waals surface area contributed by atoms with Crippen molar-refractivity contribution in [3.05, 3.63) is 48.2 Å². The van der Waals surface area contributed by atoms with Gasteiger partial charge in [0.2, 0.25) is 0 Å². The topological polar surface area (TPSA) is 22.1 Å². The van der Waals surface area contributed by atoms with Gasteiger partial charge >= 0.3 is 6.18 Å². The molecule has 0 aliphatic carbocycles. The molecule has 0 radical (unpaired) electrons. The van der Waals surface area contributed by atoms with E-state index in [4.69, 9.17) is 4.74 Å². The van der Waals surface area contributed by atoms with Crippen molar-refractivity contribution in [1.29, 1.82) is 0 Å². The van der Waals surface area contributed by atoms with E-state index in [0.717, 1.165) is 23.6 Å². The summed E-state index contributed by atoms with van der Waals surface area (Å²) in [6.45, 7) is 2.45. The Morgan fingerprint density at radius 3 is 2.21 bits per heavy atom. The first-order valence-corrected chi connectivity index (χ1v) is 5.77. The van der Waals surface area contributed by atoms with Crippen LogP contribution in [0.4, 0.5) is 13.2 Å². The fraction of sp³-hybridized carbons (Fsp3) is 0.214. The summed E-state index contributed by atoms with van der Waals surface area (Å²) in [5, 5.41) is 0. The summed E-state index contributed by atoms with van der Waals surface area (Å²) in [4.78, 5) is 3.83. The molecule has 1 aromatic heterocycles. The standard InChI is InChI=1S/C14H12F3NO/c1-2-19-12-6-3-10(4-7-12)13-8-5-11(9-18-13)14(15,16)17/h3-9H,2H2,1H3. The van der Waals surface area contributed by atoms with E-state index in [0.29, 0.717) is 12.3 Å². The van der Waals surface area contributed by atoms with Crippen LogP contribution in [0.2, 0.25) is 0 Å². The number of benzene rings is 1. The van der Waals surface area contributed by atoms with Gasteiger partial charge < -0.3 is 4.74 Å². The lowest BCUT2D eigenvalue weighted by molar-refractivity contribution is -0.137. The number of ether oxygens (including phenoxy) is 1. The third kappa shape index (κ3) is 3.24. The SMILES string of the molecule is CCOc1ccc(-c2ccc(C(F)(F)F)cn2)cc1. The van der Waals surface area contributed by atoms with Gasteiger partial charge in [0, 0.05) is 11.8 Å². The summed E-state index contributed by atoms with van der Waals surface area (Å²) < 4.78 is 42.5. The zero-order valence-corrected chi connectivity index (χ0v) is 10.2. The van der Waals surface area contributed by atoms with Crippen LogP contribution in [0.3, 0.4) is 0 Å². The molecule has 100 valence electrons. The van der Waals surface area contributed by atoms with Crippen LogP contribution in [-0.2, 0) is 6.18 Å². The minimum atomic E-state index is -4.36. The molecule has 0 bridgehead atoms. The van der Waals surface area contributed by atoms with Crippen LogP contribution in [0, 0.1) is 0 Å². The van der Waals surface area contributed by atoms with E-state index in [1.54, 1.807) is 24.3 Å². The van der Waals surface area contributed by atoms with Gasteiger partial charge in [-0.3, -0.25) is 4.98 Å². The van der Waals surface area contributed by atoms with E-state index in [1.165, 1.54) is 6.07 Å². The maximum atomic E-state index is 12.4. The van der Waals surface area contributed by atoms with Gasteiger partial charge in [0.25, 0.3) is 0 Å². The summed E-state index contributed by atoms with van der Waals surface area (Å²) in [7, 11) is 0. The third-order valence-electron chi connectivity index (χ3n) is 2.55. The van der Waals surface area contributed by atoms with Crippen LogP contribution in [0.5, 0.6) is 5.75 Å².